The van der Waals surface area contributed by atoms with Gasteiger partial charge >= 0.3 is 0 Å². The summed E-state index contributed by atoms with van der Waals surface area (Å²) >= 11 is 0. The van der Waals surface area contributed by atoms with E-state index in [2.05, 4.69) is 79.9 Å². The Bertz CT molecular complexity index is 1360. The first-order valence-corrected chi connectivity index (χ1v) is 16.1. The number of hydrogen-bond donors (Lipinski definition) is 0. The standard InChI is InChI=1S/C33H44NO.ClHO4/c1-4-7-8-9-10-11-12-13-14-15-20-30-29-23-22-27(34(5-2)6-3)25-32(29)35-31-24-21-26-18-16-17-19-28(26)33(30)31;2-1(3,4)5/h16-19,21-25H,4-15,20H2,1-3H3;(H,2,3,4,5)/q+1;/p-1. The lowest BCUT2D eigenvalue weighted by atomic mass is 9.92. The highest BCUT2D eigenvalue weighted by atomic mass is 35.7. The smallest absolute Gasteiger partial charge is 0.203 e. The summed E-state index contributed by atoms with van der Waals surface area (Å²) in [6.07, 6.45) is 14.8. The maximum absolute atomic E-state index is 8.49. The topological polar surface area (TPSA) is 108 Å². The Kier molecular flexibility index (Phi) is 12.9. The van der Waals surface area contributed by atoms with Crippen molar-refractivity contribution in [2.24, 2.45) is 0 Å². The molecule has 218 valence electrons. The first-order chi connectivity index (χ1) is 19.3. The molecule has 2 aromatic rings. The normalized spacial score (nSPS) is 11.7. The van der Waals surface area contributed by atoms with E-state index < -0.39 is 10.2 Å². The van der Waals surface area contributed by atoms with Crippen LogP contribution in [0.1, 0.15) is 90.5 Å². The molecular formula is C33H44ClNO5. The molecule has 0 radical (unpaired) electrons. The van der Waals surface area contributed by atoms with Gasteiger partial charge in [-0.05, 0) is 55.2 Å². The maximum atomic E-state index is 8.49. The highest BCUT2D eigenvalue weighted by molar-refractivity contribution is 6.09. The van der Waals surface area contributed by atoms with Gasteiger partial charge in [-0.15, -0.1) is 10.2 Å². The van der Waals surface area contributed by atoms with Gasteiger partial charge in [-0.25, -0.2) is 23.2 Å². The zero-order chi connectivity index (χ0) is 29.0. The Labute approximate surface area is 240 Å². The molecule has 1 aliphatic carbocycles. The Morgan fingerprint density at radius 2 is 1.30 bits per heavy atom. The largest absolute Gasteiger partial charge is 0.456 e. The van der Waals surface area contributed by atoms with Crippen molar-refractivity contribution in [3.63, 3.8) is 0 Å². The van der Waals surface area contributed by atoms with Crippen molar-refractivity contribution >= 4 is 21.7 Å². The molecule has 0 bridgehead atoms. The van der Waals surface area contributed by atoms with Crippen molar-refractivity contribution in [1.82, 2.24) is 4.58 Å². The van der Waals surface area contributed by atoms with Crippen molar-refractivity contribution in [1.29, 1.82) is 0 Å². The highest BCUT2D eigenvalue weighted by Crippen LogP contribution is 2.37. The predicted octanol–water partition coefficient (Wildman–Crippen LogP) is 4.21. The molecule has 40 heavy (non-hydrogen) atoms. The SMILES string of the molecule is CCCCCCCCCCCCc1c2ccc(=[N+](CC)CC)cc-2oc2ccc3ccccc3c12.[O-][Cl+3]([O-])([O-])[O-]. The van der Waals surface area contributed by atoms with Gasteiger partial charge < -0.3 is 4.42 Å². The first kappa shape index (κ1) is 32.0. The van der Waals surface area contributed by atoms with Crippen LogP contribution in [0.2, 0.25) is 0 Å². The molecular weight excluding hydrogens is 526 g/mol. The van der Waals surface area contributed by atoms with Gasteiger partial charge in [0.25, 0.3) is 0 Å². The lowest BCUT2D eigenvalue weighted by Gasteiger charge is -2.17. The summed E-state index contributed by atoms with van der Waals surface area (Å²) in [7, 11) is -4.94. The average molecular weight is 570 g/mol. The van der Waals surface area contributed by atoms with E-state index >= 15 is 0 Å². The first-order valence-electron chi connectivity index (χ1n) is 14.8. The van der Waals surface area contributed by atoms with E-state index in [1.807, 2.05) is 0 Å². The van der Waals surface area contributed by atoms with E-state index in [1.165, 1.54) is 96.9 Å². The van der Waals surface area contributed by atoms with Gasteiger partial charge in [-0.2, -0.15) is 0 Å². The van der Waals surface area contributed by atoms with Crippen LogP contribution in [0.4, 0.5) is 0 Å². The molecule has 2 aromatic carbocycles. The lowest BCUT2D eigenvalue weighted by Crippen LogP contribution is -2.68. The van der Waals surface area contributed by atoms with E-state index in [0.29, 0.717) is 0 Å². The Balaban J connectivity index is 0.000000810. The molecule has 6 nitrogen and oxygen atoms in total. The third kappa shape index (κ3) is 9.57. The highest BCUT2D eigenvalue weighted by Gasteiger charge is 2.18. The monoisotopic (exact) mass is 569 g/mol. The minimum Gasteiger partial charge on any atom is -0.456 e. The van der Waals surface area contributed by atoms with Crippen molar-refractivity contribution < 1.29 is 33.3 Å². The summed E-state index contributed by atoms with van der Waals surface area (Å²) in [6, 6.07) is 20.0. The molecule has 0 saturated carbocycles. The molecule has 4 rings (SSSR count). The second-order valence-electron chi connectivity index (χ2n) is 10.4. The molecule has 0 unspecified atom stereocenters. The fraction of sp³-hybridized carbons (Fsp3) is 0.485. The molecule has 0 spiro atoms. The molecule has 1 aliphatic heterocycles. The summed E-state index contributed by atoms with van der Waals surface area (Å²) in [5.74, 6) is 1.01. The molecule has 7 heteroatoms. The van der Waals surface area contributed by atoms with Crippen LogP contribution < -0.4 is 28.6 Å². The zero-order valence-electron chi connectivity index (χ0n) is 24.3. The predicted molar refractivity (Wildman–Crippen MR) is 152 cm³/mol. The lowest BCUT2D eigenvalue weighted by molar-refractivity contribution is -2.00. The molecule has 0 fully saturated rings. The van der Waals surface area contributed by atoms with Gasteiger partial charge in [0.2, 0.25) is 5.36 Å². The van der Waals surface area contributed by atoms with Crippen LogP contribution in [0.5, 0.6) is 0 Å². The Morgan fingerprint density at radius 3 is 1.93 bits per heavy atom. The molecule has 0 atom stereocenters. The van der Waals surface area contributed by atoms with Gasteiger partial charge in [0, 0.05) is 17.0 Å². The van der Waals surface area contributed by atoms with Crippen LogP contribution in [-0.2, 0) is 6.42 Å². The number of benzene rings is 3. The van der Waals surface area contributed by atoms with Crippen molar-refractivity contribution in [2.75, 3.05) is 13.1 Å². The van der Waals surface area contributed by atoms with Crippen LogP contribution in [0.3, 0.4) is 0 Å². The van der Waals surface area contributed by atoms with Gasteiger partial charge in [-0.1, -0.05) is 95.0 Å². The van der Waals surface area contributed by atoms with E-state index in [1.54, 1.807) is 0 Å². The van der Waals surface area contributed by atoms with Crippen LogP contribution >= 0.6 is 0 Å². The van der Waals surface area contributed by atoms with Gasteiger partial charge in [0.1, 0.15) is 24.4 Å². The number of halogens is 1. The van der Waals surface area contributed by atoms with Crippen LogP contribution in [0, 0.1) is 10.2 Å². The van der Waals surface area contributed by atoms with Crippen LogP contribution in [0.25, 0.3) is 33.1 Å². The minimum absolute atomic E-state index is 1.01. The number of fused-ring (bicyclic) bond motifs is 4. The van der Waals surface area contributed by atoms with E-state index in [4.69, 9.17) is 23.1 Å². The summed E-state index contributed by atoms with van der Waals surface area (Å²) in [4.78, 5) is 0. The number of hydrogen-bond acceptors (Lipinski definition) is 5. The van der Waals surface area contributed by atoms with Crippen molar-refractivity contribution in [3.05, 3.63) is 65.5 Å². The maximum Gasteiger partial charge on any atom is 0.203 e. The number of rotatable bonds is 13. The molecule has 0 N–H and O–H groups in total. The fourth-order valence-corrected chi connectivity index (χ4v) is 5.58. The van der Waals surface area contributed by atoms with Crippen LogP contribution in [-0.4, -0.2) is 13.1 Å². The van der Waals surface area contributed by atoms with Crippen molar-refractivity contribution in [2.45, 2.75) is 91.4 Å². The second-order valence-corrected chi connectivity index (χ2v) is 11.2. The molecule has 2 aliphatic rings. The quantitative estimate of drug-likeness (QED) is 0.104. The average Bonchev–Trinajstić information content (AvgIpc) is 2.93. The van der Waals surface area contributed by atoms with Gasteiger partial charge in [-0.3, -0.25) is 0 Å². The van der Waals surface area contributed by atoms with E-state index in [-0.39, 0.29) is 0 Å². The van der Waals surface area contributed by atoms with E-state index in [0.717, 1.165) is 30.9 Å². The summed E-state index contributed by atoms with van der Waals surface area (Å²) in [5, 5.41) is 5.16. The zero-order valence-corrected chi connectivity index (χ0v) is 25.0. The van der Waals surface area contributed by atoms with Crippen LogP contribution in [0.15, 0.2) is 59.0 Å². The number of nitrogens with zero attached hydrogens (tertiary/aromatic N) is 1. The third-order valence-corrected chi connectivity index (χ3v) is 7.61. The van der Waals surface area contributed by atoms with Crippen molar-refractivity contribution in [3.8, 4) is 11.3 Å². The third-order valence-electron chi connectivity index (χ3n) is 7.61. The fourth-order valence-electron chi connectivity index (χ4n) is 5.58. The Hall–Kier alpha value is -2.48. The summed E-state index contributed by atoms with van der Waals surface area (Å²) in [5.41, 5.74) is 3.75. The minimum atomic E-state index is -4.94. The van der Waals surface area contributed by atoms with Gasteiger partial charge in [0.05, 0.1) is 6.07 Å². The molecule has 1 heterocycles. The molecule has 0 amide bonds. The van der Waals surface area contributed by atoms with Gasteiger partial charge in [0.15, 0.2) is 0 Å². The Morgan fingerprint density at radius 1 is 0.700 bits per heavy atom. The number of unbranched alkanes of at least 4 members (excludes halogenated alkanes) is 9. The molecule has 0 aromatic heterocycles. The summed E-state index contributed by atoms with van der Waals surface area (Å²) in [6.45, 7) is 8.74. The molecule has 0 saturated heterocycles. The summed E-state index contributed by atoms with van der Waals surface area (Å²) < 4.78 is 42.9. The van der Waals surface area contributed by atoms with E-state index in [9.17, 15) is 0 Å². The number of aryl methyl sites for hydroxylation is 1. The second kappa shape index (κ2) is 16.1.